The minimum atomic E-state index is -2.43. The summed E-state index contributed by atoms with van der Waals surface area (Å²) in [6.07, 6.45) is 4.73. The molecule has 0 aromatic rings. The molecular formula is C12H23F2N. The number of halogens is 2. The first kappa shape index (κ1) is 12.9. The van der Waals surface area contributed by atoms with Crippen molar-refractivity contribution in [1.82, 2.24) is 4.90 Å². The maximum Gasteiger partial charge on any atom is 0.261 e. The Kier molecular flexibility index (Phi) is 4.97. The molecule has 1 fully saturated rings. The Morgan fingerprint density at radius 3 is 2.20 bits per heavy atom. The summed E-state index contributed by atoms with van der Waals surface area (Å²) in [5.41, 5.74) is 0. The topological polar surface area (TPSA) is 3.24 Å². The average molecular weight is 219 g/mol. The third-order valence-corrected chi connectivity index (χ3v) is 3.16. The Hall–Kier alpha value is -0.180. The zero-order valence-corrected chi connectivity index (χ0v) is 9.94. The van der Waals surface area contributed by atoms with E-state index in [-0.39, 0.29) is 13.0 Å². The third kappa shape index (κ3) is 4.45. The number of nitrogens with zero attached hydrogens (tertiary/aromatic N) is 1. The molecule has 0 aromatic heterocycles. The Morgan fingerprint density at radius 1 is 1.20 bits per heavy atom. The van der Waals surface area contributed by atoms with Gasteiger partial charge in [-0.1, -0.05) is 26.7 Å². The lowest BCUT2D eigenvalue weighted by molar-refractivity contribution is 0.0106. The molecule has 0 N–H and O–H groups in total. The van der Waals surface area contributed by atoms with Crippen LogP contribution in [0.4, 0.5) is 8.78 Å². The van der Waals surface area contributed by atoms with Crippen molar-refractivity contribution in [3.63, 3.8) is 0 Å². The quantitative estimate of drug-likeness (QED) is 0.660. The van der Waals surface area contributed by atoms with Crippen molar-refractivity contribution in [2.75, 3.05) is 19.6 Å². The van der Waals surface area contributed by atoms with Crippen molar-refractivity contribution in [2.24, 2.45) is 5.92 Å². The first-order chi connectivity index (χ1) is 7.07. The second kappa shape index (κ2) is 5.78. The van der Waals surface area contributed by atoms with Crippen LogP contribution in [0.15, 0.2) is 0 Å². The van der Waals surface area contributed by atoms with Crippen molar-refractivity contribution in [3.05, 3.63) is 0 Å². The van der Waals surface area contributed by atoms with Gasteiger partial charge in [0.05, 0.1) is 6.54 Å². The first-order valence-electron chi connectivity index (χ1n) is 6.17. The molecule has 15 heavy (non-hydrogen) atoms. The molecule has 0 amide bonds. The highest BCUT2D eigenvalue weighted by Gasteiger charge is 2.38. The van der Waals surface area contributed by atoms with E-state index in [2.05, 4.69) is 13.8 Å². The predicted octanol–water partition coefficient (Wildman–Crippen LogP) is 3.54. The molecule has 0 aromatic carbocycles. The van der Waals surface area contributed by atoms with Gasteiger partial charge in [-0.15, -0.1) is 0 Å². The van der Waals surface area contributed by atoms with Crippen LogP contribution >= 0.6 is 0 Å². The molecule has 1 nitrogen and oxygen atoms in total. The molecule has 1 rings (SSSR count). The molecule has 1 aliphatic rings. The lowest BCUT2D eigenvalue weighted by Gasteiger charge is -2.22. The summed E-state index contributed by atoms with van der Waals surface area (Å²) in [4.78, 5) is 1.94. The summed E-state index contributed by atoms with van der Waals surface area (Å²) >= 11 is 0. The largest absolute Gasteiger partial charge is 0.297 e. The second-order valence-corrected chi connectivity index (χ2v) is 4.78. The molecule has 0 atom stereocenters. The Balaban J connectivity index is 2.32. The van der Waals surface area contributed by atoms with E-state index < -0.39 is 5.92 Å². The normalized spacial score (nSPS) is 21.4. The highest BCUT2D eigenvalue weighted by molar-refractivity contribution is 4.82. The summed E-state index contributed by atoms with van der Waals surface area (Å²) in [7, 11) is 0. The summed E-state index contributed by atoms with van der Waals surface area (Å²) < 4.78 is 25.9. The van der Waals surface area contributed by atoms with Gasteiger partial charge in [0.2, 0.25) is 0 Å². The van der Waals surface area contributed by atoms with Crippen LogP contribution in [0, 0.1) is 5.92 Å². The van der Waals surface area contributed by atoms with E-state index in [9.17, 15) is 8.78 Å². The molecule has 0 bridgehead atoms. The number of hydrogen-bond donors (Lipinski definition) is 0. The van der Waals surface area contributed by atoms with E-state index in [1.54, 1.807) is 0 Å². The van der Waals surface area contributed by atoms with E-state index in [1.807, 2.05) is 4.90 Å². The lowest BCUT2D eigenvalue weighted by Crippen LogP contribution is -2.30. The van der Waals surface area contributed by atoms with Crippen LogP contribution in [0.5, 0.6) is 0 Å². The standard InChI is InChI=1S/C12H23F2N/c1-3-5-11(6-4-2)9-15-8-7-12(13,14)10-15/h11H,3-10H2,1-2H3. The minimum absolute atomic E-state index is 0.0169. The van der Waals surface area contributed by atoms with Gasteiger partial charge in [-0.05, 0) is 18.8 Å². The molecule has 0 saturated carbocycles. The van der Waals surface area contributed by atoms with Gasteiger partial charge in [0.25, 0.3) is 5.92 Å². The van der Waals surface area contributed by atoms with E-state index in [0.717, 1.165) is 19.4 Å². The Bertz CT molecular complexity index is 176. The zero-order chi connectivity index (χ0) is 11.3. The summed E-state index contributed by atoms with van der Waals surface area (Å²) in [6.45, 7) is 5.77. The predicted molar refractivity (Wildman–Crippen MR) is 59.3 cm³/mol. The first-order valence-corrected chi connectivity index (χ1v) is 6.17. The van der Waals surface area contributed by atoms with Gasteiger partial charge in [0, 0.05) is 19.5 Å². The third-order valence-electron chi connectivity index (χ3n) is 3.16. The molecule has 0 unspecified atom stereocenters. The van der Waals surface area contributed by atoms with Gasteiger partial charge in [0.15, 0.2) is 0 Å². The van der Waals surface area contributed by atoms with E-state index in [0.29, 0.717) is 12.5 Å². The molecule has 1 heterocycles. The fourth-order valence-corrected chi connectivity index (χ4v) is 2.47. The molecule has 1 aliphatic heterocycles. The van der Waals surface area contributed by atoms with Crippen molar-refractivity contribution in [3.8, 4) is 0 Å². The highest BCUT2D eigenvalue weighted by atomic mass is 19.3. The van der Waals surface area contributed by atoms with Crippen LogP contribution in [-0.4, -0.2) is 30.5 Å². The SMILES string of the molecule is CCCC(CCC)CN1CCC(F)(F)C1. The zero-order valence-electron chi connectivity index (χ0n) is 9.94. The van der Waals surface area contributed by atoms with Crippen molar-refractivity contribution in [1.29, 1.82) is 0 Å². The lowest BCUT2D eigenvalue weighted by atomic mass is 9.98. The second-order valence-electron chi connectivity index (χ2n) is 4.78. The van der Waals surface area contributed by atoms with Crippen molar-refractivity contribution >= 4 is 0 Å². The van der Waals surface area contributed by atoms with Crippen LogP contribution in [0.2, 0.25) is 0 Å². The van der Waals surface area contributed by atoms with Crippen molar-refractivity contribution < 1.29 is 8.78 Å². The fraction of sp³-hybridized carbons (Fsp3) is 1.00. The highest BCUT2D eigenvalue weighted by Crippen LogP contribution is 2.28. The van der Waals surface area contributed by atoms with Gasteiger partial charge in [-0.25, -0.2) is 8.78 Å². The molecule has 0 radical (unpaired) electrons. The number of likely N-dealkylation sites (tertiary alicyclic amines) is 1. The monoisotopic (exact) mass is 219 g/mol. The van der Waals surface area contributed by atoms with Crippen LogP contribution < -0.4 is 0 Å². The number of hydrogen-bond acceptors (Lipinski definition) is 1. The molecule has 0 aliphatic carbocycles. The molecule has 90 valence electrons. The number of rotatable bonds is 6. The minimum Gasteiger partial charge on any atom is -0.297 e. The number of alkyl halides is 2. The fourth-order valence-electron chi connectivity index (χ4n) is 2.47. The van der Waals surface area contributed by atoms with E-state index >= 15 is 0 Å². The summed E-state index contributed by atoms with van der Waals surface area (Å²) in [5.74, 6) is -1.81. The average Bonchev–Trinajstić information content (AvgIpc) is 2.46. The van der Waals surface area contributed by atoms with Crippen LogP contribution in [-0.2, 0) is 0 Å². The van der Waals surface area contributed by atoms with Gasteiger partial charge >= 0.3 is 0 Å². The van der Waals surface area contributed by atoms with Crippen LogP contribution in [0.1, 0.15) is 46.0 Å². The van der Waals surface area contributed by atoms with E-state index in [1.165, 1.54) is 12.8 Å². The molecule has 3 heteroatoms. The maximum atomic E-state index is 13.0. The van der Waals surface area contributed by atoms with E-state index in [4.69, 9.17) is 0 Å². The summed E-state index contributed by atoms with van der Waals surface area (Å²) in [5, 5.41) is 0. The smallest absolute Gasteiger partial charge is 0.261 e. The van der Waals surface area contributed by atoms with Crippen LogP contribution in [0.3, 0.4) is 0 Å². The molecule has 0 spiro atoms. The van der Waals surface area contributed by atoms with Crippen molar-refractivity contribution in [2.45, 2.75) is 51.9 Å². The van der Waals surface area contributed by atoms with Gasteiger partial charge in [-0.2, -0.15) is 0 Å². The Morgan fingerprint density at radius 2 is 1.80 bits per heavy atom. The maximum absolute atomic E-state index is 13.0. The van der Waals surface area contributed by atoms with Gasteiger partial charge in [-0.3, -0.25) is 4.90 Å². The molecule has 1 saturated heterocycles. The summed E-state index contributed by atoms with van der Waals surface area (Å²) in [6, 6.07) is 0. The van der Waals surface area contributed by atoms with Gasteiger partial charge < -0.3 is 0 Å². The molecular weight excluding hydrogens is 196 g/mol. The van der Waals surface area contributed by atoms with Crippen LogP contribution in [0.25, 0.3) is 0 Å². The Labute approximate surface area is 91.8 Å². The van der Waals surface area contributed by atoms with Gasteiger partial charge in [0.1, 0.15) is 0 Å².